The molecule has 3 N–H and O–H groups in total. The summed E-state index contributed by atoms with van der Waals surface area (Å²) in [7, 11) is -6.76. The van der Waals surface area contributed by atoms with Crippen LogP contribution >= 0.6 is 0 Å². The van der Waals surface area contributed by atoms with E-state index < -0.39 is 18.4 Å². The molecule has 8 heavy (non-hydrogen) atoms. The van der Waals surface area contributed by atoms with E-state index in [1.54, 1.807) is 0 Å². The van der Waals surface area contributed by atoms with Gasteiger partial charge in [0.25, 0.3) is 0 Å². The first-order valence-electron chi connectivity index (χ1n) is 1.27. The van der Waals surface area contributed by atoms with Gasteiger partial charge >= 0.3 is 18.4 Å². The third kappa shape index (κ3) is 252. The molecule has 0 heterocycles. The van der Waals surface area contributed by atoms with E-state index in [9.17, 15) is 4.11 Å². The van der Waals surface area contributed by atoms with Crippen LogP contribution in [0.3, 0.4) is 0 Å². The van der Waals surface area contributed by atoms with E-state index in [2.05, 4.69) is 0 Å². The maximum Gasteiger partial charge on any atom is 0.761 e. The third-order valence-electron chi connectivity index (χ3n) is 0. The van der Waals surface area contributed by atoms with E-state index in [1.807, 2.05) is 0 Å². The maximum absolute atomic E-state index is 10.1. The molecule has 8 heteroatoms. The van der Waals surface area contributed by atoms with Crippen molar-refractivity contribution in [2.75, 3.05) is 0 Å². The lowest BCUT2D eigenvalue weighted by Crippen LogP contribution is -1.90. The molecule has 0 aromatic heterocycles. The van der Waals surface area contributed by atoms with Gasteiger partial charge in [-0.3, -0.25) is 8.92 Å². The van der Waals surface area contributed by atoms with Gasteiger partial charge in [0.05, 0.1) is 0 Å². The average molecular weight is 158 g/mol. The molecule has 0 saturated heterocycles. The average Bonchev–Trinajstić information content (AvgIpc) is 1.25. The number of halogens is 1. The topological polar surface area (TPSA) is 94.8 Å². The second kappa shape index (κ2) is 6.36. The highest BCUT2D eigenvalue weighted by Crippen LogP contribution is 1.46. The van der Waals surface area contributed by atoms with Crippen molar-refractivity contribution < 1.29 is 27.4 Å². The highest BCUT2D eigenvalue weighted by Gasteiger charge is 1.87. The summed E-state index contributed by atoms with van der Waals surface area (Å²) >= 11 is 0. The van der Waals surface area contributed by atoms with Crippen LogP contribution in [0, 0.1) is 0 Å². The molecule has 0 aliphatic carbocycles. The summed E-state index contributed by atoms with van der Waals surface area (Å²) in [4.78, 5) is 21.2. The predicted molar refractivity (Wildman–Crippen MR) is 20.6 cm³/mol. The summed E-state index contributed by atoms with van der Waals surface area (Å²) in [5.41, 5.74) is 0. The predicted octanol–water partition coefficient (Wildman–Crippen LogP) is -2.25. The zero-order valence-corrected chi connectivity index (χ0v) is 5.54. The van der Waals surface area contributed by atoms with Crippen LogP contribution in [-0.2, 0) is 8.92 Å². The van der Waals surface area contributed by atoms with Gasteiger partial charge in [0.15, 0.2) is 0 Å². The minimum atomic E-state index is -3.63. The Morgan fingerprint density at radius 3 is 1.12 bits per heavy atom. The molecule has 0 atom stereocenters. The van der Waals surface area contributed by atoms with Gasteiger partial charge in [-0.05, 0) is 0 Å². The second-order valence-corrected chi connectivity index (χ2v) is 1.61. The molecule has 0 aromatic rings. The van der Waals surface area contributed by atoms with E-state index >= 15 is 0 Å². The Labute approximate surface area is 46.9 Å². The van der Waals surface area contributed by atoms with Gasteiger partial charge in [0.1, 0.15) is 0 Å². The molecule has 0 unspecified atom stereocenters. The van der Waals surface area contributed by atoms with Crippen LogP contribution in [0.25, 0.3) is 0 Å². The maximum atomic E-state index is 10.1. The summed E-state index contributed by atoms with van der Waals surface area (Å²) < 4.78 is 27.4. The summed E-state index contributed by atoms with van der Waals surface area (Å²) in [5.74, 6) is 0. The van der Waals surface area contributed by atoms with Crippen LogP contribution in [-0.4, -0.2) is 32.8 Å². The molecule has 0 bridgehead atoms. The smallest absolute Gasteiger partial charge is 0.517 e. The molecule has 0 radical (unpaired) electrons. The minimum absolute atomic E-state index is 3.13. The molecule has 0 aromatic carbocycles. The van der Waals surface area contributed by atoms with Crippen molar-refractivity contribution >= 4 is 18.4 Å². The van der Waals surface area contributed by atoms with E-state index in [4.69, 9.17) is 23.3 Å². The monoisotopic (exact) mass is 158 g/mol. The first-order chi connectivity index (χ1) is 3.46. The Bertz CT molecular complexity index is 68.4. The van der Waals surface area contributed by atoms with Gasteiger partial charge in [-0.25, -0.2) is 0 Å². The molecule has 0 fully saturated rings. The number of rotatable bonds is 0. The fourth-order valence-electron chi connectivity index (χ4n) is 0. The normalized spacial score (nSPS) is 6.12. The summed E-state index contributed by atoms with van der Waals surface area (Å²) in [6, 6.07) is 0. The van der Waals surface area contributed by atoms with E-state index in [-0.39, 0.29) is 0 Å². The van der Waals surface area contributed by atoms with Crippen molar-refractivity contribution in [3.63, 3.8) is 0 Å². The Kier molecular flexibility index (Phi) is 8.25. The molecule has 0 rings (SSSR count). The molecular formula is H3FO5Si2. The van der Waals surface area contributed by atoms with E-state index in [0.29, 0.717) is 0 Å². The highest BCUT2D eigenvalue weighted by atomic mass is 28.3. The molecule has 0 amide bonds. The first kappa shape index (κ1) is 10.4. The van der Waals surface area contributed by atoms with Crippen molar-refractivity contribution in [1.29, 1.82) is 0 Å². The lowest BCUT2D eigenvalue weighted by atomic mass is 15.8. The van der Waals surface area contributed by atoms with Crippen LogP contribution in [0.5, 0.6) is 0 Å². The van der Waals surface area contributed by atoms with Gasteiger partial charge in [0.2, 0.25) is 0 Å². The van der Waals surface area contributed by atoms with Crippen LogP contribution in [0.15, 0.2) is 0 Å². The highest BCUT2D eigenvalue weighted by molar-refractivity contribution is 6.23. The van der Waals surface area contributed by atoms with Gasteiger partial charge < -0.3 is 14.4 Å². The Balaban J connectivity index is 0. The van der Waals surface area contributed by atoms with Crippen molar-refractivity contribution in [3.05, 3.63) is 0 Å². The van der Waals surface area contributed by atoms with Crippen molar-refractivity contribution in [1.82, 2.24) is 0 Å². The van der Waals surface area contributed by atoms with Crippen LogP contribution in [0.4, 0.5) is 4.11 Å². The molecular weight excluding hydrogens is 155 g/mol. The minimum Gasteiger partial charge on any atom is -0.517 e. The van der Waals surface area contributed by atoms with Gasteiger partial charge in [-0.1, -0.05) is 0 Å². The largest absolute Gasteiger partial charge is 0.761 e. The standard InChI is InChI=1S/FHO2Si.H2O3Si/c2*1-4(2)3/h2H;1-2H. The summed E-state index contributed by atoms with van der Waals surface area (Å²) in [5, 5.41) is 0. The number of hydrogen-bond acceptors (Lipinski definition) is 2. The van der Waals surface area contributed by atoms with Gasteiger partial charge in [-0.2, -0.15) is 4.11 Å². The van der Waals surface area contributed by atoms with E-state index in [0.717, 1.165) is 0 Å². The summed E-state index contributed by atoms with van der Waals surface area (Å²) in [6.45, 7) is 0. The van der Waals surface area contributed by atoms with E-state index in [1.165, 1.54) is 0 Å². The first-order valence-corrected chi connectivity index (χ1v) is 3.80. The van der Waals surface area contributed by atoms with Gasteiger partial charge in [0, 0.05) is 0 Å². The Morgan fingerprint density at radius 1 is 1.12 bits per heavy atom. The van der Waals surface area contributed by atoms with Crippen LogP contribution < -0.4 is 0 Å². The molecule has 5 nitrogen and oxygen atoms in total. The Morgan fingerprint density at radius 2 is 1.12 bits per heavy atom. The molecule has 0 spiro atoms. The van der Waals surface area contributed by atoms with Gasteiger partial charge in [-0.15, -0.1) is 0 Å². The lowest BCUT2D eigenvalue weighted by molar-refractivity contribution is 0.330. The SMILES string of the molecule is O=[Si](O)F.O=[Si](O)O. The van der Waals surface area contributed by atoms with Crippen molar-refractivity contribution in [3.8, 4) is 0 Å². The van der Waals surface area contributed by atoms with Crippen molar-refractivity contribution in [2.24, 2.45) is 0 Å². The quantitative estimate of drug-likeness (QED) is 0.273. The fraction of sp³-hybridized carbons (Fsp3) is 0. The Hall–Kier alpha value is -0.636. The lowest BCUT2D eigenvalue weighted by Gasteiger charge is -1.55. The molecule has 0 aliphatic rings. The number of hydrogen-bond donors (Lipinski definition) is 3. The van der Waals surface area contributed by atoms with Crippen molar-refractivity contribution in [2.45, 2.75) is 0 Å². The zero-order valence-electron chi connectivity index (χ0n) is 3.54. The van der Waals surface area contributed by atoms with Crippen LogP contribution in [0.1, 0.15) is 0 Å². The summed E-state index contributed by atoms with van der Waals surface area (Å²) in [6.07, 6.45) is 0. The molecule has 0 aliphatic heterocycles. The third-order valence-corrected chi connectivity index (χ3v) is 0. The molecule has 0 saturated carbocycles. The second-order valence-electron chi connectivity index (χ2n) is 0.536. The molecule has 48 valence electrons. The zero-order chi connectivity index (χ0) is 7.15. The van der Waals surface area contributed by atoms with Crippen LogP contribution in [0.2, 0.25) is 0 Å². The fourth-order valence-corrected chi connectivity index (χ4v) is 0.